The monoisotopic (exact) mass is 298 g/mol. The van der Waals surface area contributed by atoms with E-state index < -0.39 is 0 Å². The van der Waals surface area contributed by atoms with E-state index in [1.807, 2.05) is 60.7 Å². The molecule has 0 aliphatic heterocycles. The molecule has 2 aromatic carbocycles. The summed E-state index contributed by atoms with van der Waals surface area (Å²) in [6.45, 7) is 0. The lowest BCUT2D eigenvalue weighted by atomic mass is 10.3. The SMILES string of the molecule is [N-]=C=O.[N-]=C=O.c1ccc(O[Si]Oc2ccccc2)cc1. The normalized spacial score (nSPS) is 7.62. The molecule has 0 saturated carbocycles. The topological polar surface area (TPSA) is 97.2 Å². The summed E-state index contributed by atoms with van der Waals surface area (Å²) < 4.78 is 10.8. The summed E-state index contributed by atoms with van der Waals surface area (Å²) in [5, 5.41) is 13.5. The first-order valence-corrected chi connectivity index (χ1v) is 6.31. The molecule has 0 aliphatic carbocycles. The van der Waals surface area contributed by atoms with E-state index in [9.17, 15) is 0 Å². The van der Waals surface area contributed by atoms with Crippen LogP contribution in [0.3, 0.4) is 0 Å². The van der Waals surface area contributed by atoms with Gasteiger partial charge in [0.05, 0.1) is 0 Å². The van der Waals surface area contributed by atoms with Gasteiger partial charge >= 0.3 is 10.0 Å². The van der Waals surface area contributed by atoms with E-state index in [2.05, 4.69) is 0 Å². The first kappa shape index (κ1) is 18.0. The molecule has 7 heteroatoms. The second-order valence-electron chi connectivity index (χ2n) is 3.10. The Morgan fingerprint density at radius 2 is 1.00 bits per heavy atom. The average molecular weight is 298 g/mol. The van der Waals surface area contributed by atoms with Crippen molar-refractivity contribution in [2.75, 3.05) is 0 Å². The highest BCUT2D eigenvalue weighted by Crippen LogP contribution is 2.10. The largest absolute Gasteiger partial charge is 0.724 e. The van der Waals surface area contributed by atoms with Crippen molar-refractivity contribution in [3.63, 3.8) is 0 Å². The summed E-state index contributed by atoms with van der Waals surface area (Å²) in [5.41, 5.74) is 0. The lowest BCUT2D eigenvalue weighted by Gasteiger charge is -2.05. The zero-order valence-electron chi connectivity index (χ0n) is 10.8. The van der Waals surface area contributed by atoms with Gasteiger partial charge in [0.2, 0.25) is 0 Å². The fraction of sp³-hybridized carbons (Fsp3) is 0. The van der Waals surface area contributed by atoms with Crippen LogP contribution in [0.4, 0.5) is 0 Å². The maximum atomic E-state index is 8.24. The summed E-state index contributed by atoms with van der Waals surface area (Å²) in [5.74, 6) is 1.65. The number of hydrogen-bond acceptors (Lipinski definition) is 4. The third-order valence-corrected chi connectivity index (χ3v) is 2.44. The van der Waals surface area contributed by atoms with Crippen LogP contribution in [-0.2, 0) is 9.59 Å². The lowest BCUT2D eigenvalue weighted by Crippen LogP contribution is -2.10. The molecule has 0 amide bonds. The third kappa shape index (κ3) is 10.6. The maximum absolute atomic E-state index is 8.24. The van der Waals surface area contributed by atoms with Gasteiger partial charge in [0.15, 0.2) is 0 Å². The molecule has 106 valence electrons. The van der Waals surface area contributed by atoms with Crippen LogP contribution in [-0.4, -0.2) is 22.2 Å². The number of rotatable bonds is 4. The van der Waals surface area contributed by atoms with E-state index >= 15 is 0 Å². The molecule has 6 nitrogen and oxygen atoms in total. The number of carbonyl (C=O) groups excluding carboxylic acids is 2. The predicted octanol–water partition coefficient (Wildman–Crippen LogP) is 2.46. The Kier molecular flexibility index (Phi) is 11.5. The molecule has 0 fully saturated rings. The molecular formula is C14H10N2O4Si-2. The molecule has 21 heavy (non-hydrogen) atoms. The lowest BCUT2D eigenvalue weighted by molar-refractivity contribution is 0.459. The summed E-state index contributed by atoms with van der Waals surface area (Å²) >= 11 is 0. The highest BCUT2D eigenvalue weighted by atomic mass is 28.3. The van der Waals surface area contributed by atoms with Crippen LogP contribution in [0.5, 0.6) is 11.5 Å². The van der Waals surface area contributed by atoms with Gasteiger partial charge < -0.3 is 19.7 Å². The fourth-order valence-corrected chi connectivity index (χ4v) is 1.60. The van der Waals surface area contributed by atoms with Gasteiger partial charge in [0.25, 0.3) is 0 Å². The Labute approximate surface area is 124 Å². The van der Waals surface area contributed by atoms with Crippen LogP contribution in [0, 0.1) is 0 Å². The minimum atomic E-state index is -0.0129. The number of isocyanates is 2. The molecule has 0 spiro atoms. The van der Waals surface area contributed by atoms with E-state index in [0.717, 1.165) is 11.5 Å². The van der Waals surface area contributed by atoms with Crippen LogP contribution < -0.4 is 8.85 Å². The number of nitrogens with zero attached hydrogens (tertiary/aromatic N) is 2. The summed E-state index contributed by atoms with van der Waals surface area (Å²) in [6.07, 6.45) is 1.00. The van der Waals surface area contributed by atoms with Gasteiger partial charge in [-0.05, 0) is 36.4 Å². The minimum Gasteiger partial charge on any atom is -0.724 e. The molecule has 0 heterocycles. The van der Waals surface area contributed by atoms with Crippen molar-refractivity contribution < 1.29 is 18.4 Å². The summed E-state index contributed by atoms with van der Waals surface area (Å²) in [7, 11) is -0.0129. The molecule has 0 saturated heterocycles. The van der Waals surface area contributed by atoms with Gasteiger partial charge in [-0.1, -0.05) is 36.4 Å². The summed E-state index contributed by atoms with van der Waals surface area (Å²) in [4.78, 5) is 16.5. The molecule has 0 unspecified atom stereocenters. The van der Waals surface area contributed by atoms with E-state index in [4.69, 9.17) is 29.3 Å². The second-order valence-corrected chi connectivity index (χ2v) is 3.67. The van der Waals surface area contributed by atoms with Crippen molar-refractivity contribution in [1.82, 2.24) is 0 Å². The van der Waals surface area contributed by atoms with Gasteiger partial charge in [-0.25, -0.2) is 0 Å². The van der Waals surface area contributed by atoms with Crippen LogP contribution >= 0.6 is 0 Å². The standard InChI is InChI=1S/C12H10O2Si.2CNO/c1-3-7-11(8-4-1)13-15-14-12-9-5-2-6-10-12;2*2-1-3/h1-10H;;/q;2*-1. The predicted molar refractivity (Wildman–Crippen MR) is 78.0 cm³/mol. The Balaban J connectivity index is 0.000000578. The van der Waals surface area contributed by atoms with Gasteiger partial charge in [-0.3, -0.25) is 9.59 Å². The molecule has 0 N–H and O–H groups in total. The van der Waals surface area contributed by atoms with E-state index in [1.54, 1.807) is 0 Å². The van der Waals surface area contributed by atoms with Crippen molar-refractivity contribution in [1.29, 1.82) is 0 Å². The summed E-state index contributed by atoms with van der Waals surface area (Å²) in [6, 6.07) is 19.3. The van der Waals surface area contributed by atoms with Gasteiger partial charge in [0.1, 0.15) is 11.5 Å². The quantitative estimate of drug-likeness (QED) is 0.492. The van der Waals surface area contributed by atoms with Gasteiger partial charge in [-0.15, -0.1) is 0 Å². The van der Waals surface area contributed by atoms with Crippen LogP contribution in [0.15, 0.2) is 60.7 Å². The molecule has 2 rings (SSSR count). The molecule has 0 bridgehead atoms. The molecular weight excluding hydrogens is 288 g/mol. The van der Waals surface area contributed by atoms with Crippen molar-refractivity contribution in [2.45, 2.75) is 0 Å². The van der Waals surface area contributed by atoms with Crippen LogP contribution in [0.2, 0.25) is 0 Å². The van der Waals surface area contributed by atoms with Crippen molar-refractivity contribution in [2.24, 2.45) is 0 Å². The van der Waals surface area contributed by atoms with E-state index in [-0.39, 0.29) is 10.0 Å². The van der Waals surface area contributed by atoms with E-state index in [1.165, 1.54) is 0 Å². The number of benzene rings is 2. The fourth-order valence-electron chi connectivity index (χ4n) is 1.09. The number of para-hydroxylation sites is 2. The van der Waals surface area contributed by atoms with Crippen LogP contribution in [0.1, 0.15) is 0 Å². The minimum absolute atomic E-state index is 0.0129. The van der Waals surface area contributed by atoms with Gasteiger partial charge in [-0.2, -0.15) is 0 Å². The average Bonchev–Trinajstić information content (AvgIpc) is 2.51. The first-order chi connectivity index (χ1) is 10.3. The zero-order valence-corrected chi connectivity index (χ0v) is 11.8. The zero-order chi connectivity index (χ0) is 15.8. The van der Waals surface area contributed by atoms with Crippen molar-refractivity contribution in [3.05, 3.63) is 71.5 Å². The Hall–Kier alpha value is -2.98. The molecule has 2 aromatic rings. The highest BCUT2D eigenvalue weighted by molar-refractivity contribution is 6.20. The Morgan fingerprint density at radius 3 is 1.29 bits per heavy atom. The molecule has 2 radical (unpaired) electrons. The molecule has 0 aromatic heterocycles. The van der Waals surface area contributed by atoms with E-state index in [0.29, 0.717) is 12.2 Å². The first-order valence-electron chi connectivity index (χ1n) is 5.49. The maximum Gasteiger partial charge on any atom is 0.610 e. The van der Waals surface area contributed by atoms with Crippen molar-refractivity contribution >= 4 is 22.2 Å². The number of hydrogen-bond donors (Lipinski definition) is 0. The van der Waals surface area contributed by atoms with Crippen molar-refractivity contribution in [3.8, 4) is 11.5 Å². The molecule has 0 atom stereocenters. The molecule has 0 aliphatic rings. The second kappa shape index (κ2) is 13.4. The smallest absolute Gasteiger partial charge is 0.610 e. The van der Waals surface area contributed by atoms with Crippen LogP contribution in [0.25, 0.3) is 10.8 Å². The highest BCUT2D eigenvalue weighted by Gasteiger charge is 1.98. The van der Waals surface area contributed by atoms with Gasteiger partial charge in [0, 0.05) is 0 Å². The Bertz CT molecular complexity index is 500. The third-order valence-electron chi connectivity index (χ3n) is 1.81. The Morgan fingerprint density at radius 1 is 0.714 bits per heavy atom.